The van der Waals surface area contributed by atoms with E-state index in [2.05, 4.69) is 9.98 Å². The smallest absolute Gasteiger partial charge is 0.253 e. The maximum absolute atomic E-state index is 11.8. The summed E-state index contributed by atoms with van der Waals surface area (Å²) in [4.78, 5) is 31.2. The zero-order valence-electron chi connectivity index (χ0n) is 9.88. The second kappa shape index (κ2) is 6.48. The second-order valence-electron chi connectivity index (χ2n) is 3.29. The maximum atomic E-state index is 11.8. The maximum Gasteiger partial charge on any atom is 0.253 e. The molecule has 88 valence electrons. The van der Waals surface area contributed by atoms with Gasteiger partial charge in [0.2, 0.25) is 0 Å². The Bertz CT molecular complexity index is 462. The molecule has 0 spiro atoms. The average Bonchev–Trinajstić information content (AvgIpc) is 2.39. The van der Waals surface area contributed by atoms with Crippen LogP contribution in [0.1, 0.15) is 23.8 Å². The average molecular weight is 230 g/mol. The lowest BCUT2D eigenvalue weighted by Gasteiger charge is -1.99. The fourth-order valence-electron chi connectivity index (χ4n) is 1.21. The fourth-order valence-corrected chi connectivity index (χ4v) is 1.21. The van der Waals surface area contributed by atoms with Gasteiger partial charge in [-0.3, -0.25) is 19.6 Å². The van der Waals surface area contributed by atoms with Gasteiger partial charge >= 0.3 is 0 Å². The molecule has 1 heterocycles. The van der Waals surface area contributed by atoms with Gasteiger partial charge in [0.05, 0.1) is 0 Å². The highest BCUT2D eigenvalue weighted by atomic mass is 16.2. The topological polar surface area (TPSA) is 59.4 Å². The van der Waals surface area contributed by atoms with E-state index in [1.807, 2.05) is 6.92 Å². The minimum Gasteiger partial charge on any atom is -0.284 e. The molecule has 0 aliphatic rings. The molecule has 4 heteroatoms. The Balaban J connectivity index is 2.90. The van der Waals surface area contributed by atoms with Crippen molar-refractivity contribution in [1.82, 2.24) is 4.98 Å². The van der Waals surface area contributed by atoms with Crippen molar-refractivity contribution < 1.29 is 9.59 Å². The molecule has 0 fully saturated rings. The number of hydrogen-bond donors (Lipinski definition) is 0. The van der Waals surface area contributed by atoms with Crippen LogP contribution in [0.2, 0.25) is 0 Å². The minimum absolute atomic E-state index is 0.142. The van der Waals surface area contributed by atoms with E-state index in [9.17, 15) is 9.59 Å². The van der Waals surface area contributed by atoms with Gasteiger partial charge < -0.3 is 0 Å². The zero-order chi connectivity index (χ0) is 12.7. The molecule has 0 saturated heterocycles. The van der Waals surface area contributed by atoms with Gasteiger partial charge in [-0.05, 0) is 24.6 Å². The molecular weight excluding hydrogens is 216 g/mol. The molecule has 1 aromatic heterocycles. The van der Waals surface area contributed by atoms with Crippen LogP contribution in [0.15, 0.2) is 41.5 Å². The number of hydrogen-bond acceptors (Lipinski definition) is 4. The molecular formula is C13H14N2O2. The van der Waals surface area contributed by atoms with Crippen molar-refractivity contribution in [2.45, 2.75) is 13.3 Å². The molecule has 1 aromatic rings. The number of pyridine rings is 1. The number of nitrogens with zero attached hydrogens (tertiary/aromatic N) is 2. The Labute approximate surface area is 100 Å². The number of aliphatic imine (C=N–C) groups is 1. The Morgan fingerprint density at radius 1 is 1.41 bits per heavy atom. The first-order chi connectivity index (χ1) is 8.20. The third-order valence-corrected chi connectivity index (χ3v) is 2.09. The number of carbonyl (C=O) groups excluding carboxylic acids is 2. The first-order valence-electron chi connectivity index (χ1n) is 5.34. The third-order valence-electron chi connectivity index (χ3n) is 2.09. The van der Waals surface area contributed by atoms with Crippen LogP contribution < -0.4 is 0 Å². The van der Waals surface area contributed by atoms with Crippen molar-refractivity contribution in [3.8, 4) is 0 Å². The van der Waals surface area contributed by atoms with E-state index in [1.54, 1.807) is 24.3 Å². The Hall–Kier alpha value is -2.10. The molecule has 0 amide bonds. The quantitative estimate of drug-likeness (QED) is 0.441. The van der Waals surface area contributed by atoms with Crippen LogP contribution in [-0.4, -0.2) is 29.3 Å². The van der Waals surface area contributed by atoms with Gasteiger partial charge in [-0.15, -0.1) is 0 Å². The molecule has 0 aromatic carbocycles. The third kappa shape index (κ3) is 3.45. The lowest BCUT2D eigenvalue weighted by molar-refractivity contribution is -0.109. The molecule has 0 unspecified atom stereocenters. The van der Waals surface area contributed by atoms with E-state index in [4.69, 9.17) is 0 Å². The van der Waals surface area contributed by atoms with Gasteiger partial charge in [-0.1, -0.05) is 19.1 Å². The molecule has 4 nitrogen and oxygen atoms in total. The lowest BCUT2D eigenvalue weighted by Crippen LogP contribution is -2.23. The summed E-state index contributed by atoms with van der Waals surface area (Å²) in [5.41, 5.74) is 0.297. The van der Waals surface area contributed by atoms with Gasteiger partial charge in [0, 0.05) is 13.2 Å². The summed E-state index contributed by atoms with van der Waals surface area (Å²) in [7, 11) is 1.49. The van der Waals surface area contributed by atoms with Gasteiger partial charge in [0.25, 0.3) is 11.6 Å². The van der Waals surface area contributed by atoms with E-state index in [-0.39, 0.29) is 11.4 Å². The molecule has 1 rings (SSSR count). The van der Waals surface area contributed by atoms with E-state index < -0.39 is 11.6 Å². The number of carbonyl (C=O) groups is 2. The molecule has 0 radical (unpaired) electrons. The standard InChI is InChI=1S/C13H14N2O2/c1-3-4-7-10(14-2)12(16)13(17)11-8-5-6-9-15-11/h4-9H,3H2,1-2H3/b7-4-,14-10?. The van der Waals surface area contributed by atoms with Crippen molar-refractivity contribution >= 4 is 17.3 Å². The van der Waals surface area contributed by atoms with Crippen LogP contribution in [0.25, 0.3) is 0 Å². The molecule has 0 aliphatic heterocycles. The van der Waals surface area contributed by atoms with Crippen LogP contribution in [0.5, 0.6) is 0 Å². The molecule has 0 aliphatic carbocycles. The highest BCUT2D eigenvalue weighted by Gasteiger charge is 2.20. The number of ketones is 2. The second-order valence-corrected chi connectivity index (χ2v) is 3.29. The van der Waals surface area contributed by atoms with Crippen molar-refractivity contribution in [2.75, 3.05) is 7.05 Å². The van der Waals surface area contributed by atoms with E-state index in [1.165, 1.54) is 19.3 Å². The van der Waals surface area contributed by atoms with E-state index >= 15 is 0 Å². The van der Waals surface area contributed by atoms with Gasteiger partial charge in [-0.25, -0.2) is 0 Å². The largest absolute Gasteiger partial charge is 0.284 e. The summed E-state index contributed by atoms with van der Waals surface area (Å²) in [5, 5.41) is 0. The predicted octanol–water partition coefficient (Wildman–Crippen LogP) is 1.87. The number of allylic oxidation sites excluding steroid dienone is 2. The van der Waals surface area contributed by atoms with Crippen molar-refractivity contribution in [2.24, 2.45) is 4.99 Å². The van der Waals surface area contributed by atoms with Crippen molar-refractivity contribution in [3.63, 3.8) is 0 Å². The van der Waals surface area contributed by atoms with E-state index in [0.29, 0.717) is 0 Å². The van der Waals surface area contributed by atoms with Crippen molar-refractivity contribution in [3.05, 3.63) is 42.2 Å². The summed E-state index contributed by atoms with van der Waals surface area (Å²) in [6.07, 6.45) is 5.60. The Kier molecular flexibility index (Phi) is 4.94. The molecule has 0 atom stereocenters. The van der Waals surface area contributed by atoms with Gasteiger partial charge in [-0.2, -0.15) is 0 Å². The molecule has 0 N–H and O–H groups in total. The summed E-state index contributed by atoms with van der Waals surface area (Å²) < 4.78 is 0. The SMILES string of the molecule is CC/C=C\C(=NC)C(=O)C(=O)c1ccccn1. The van der Waals surface area contributed by atoms with Gasteiger partial charge in [0.15, 0.2) is 0 Å². The first kappa shape index (κ1) is 13.0. The first-order valence-corrected chi connectivity index (χ1v) is 5.34. The summed E-state index contributed by atoms with van der Waals surface area (Å²) >= 11 is 0. The Morgan fingerprint density at radius 3 is 2.71 bits per heavy atom. The number of aromatic nitrogens is 1. The Morgan fingerprint density at radius 2 is 2.18 bits per heavy atom. The van der Waals surface area contributed by atoms with Crippen LogP contribution in [-0.2, 0) is 4.79 Å². The highest BCUT2D eigenvalue weighted by molar-refractivity contribution is 6.70. The monoisotopic (exact) mass is 230 g/mol. The van der Waals surface area contributed by atoms with Gasteiger partial charge in [0.1, 0.15) is 11.4 Å². The molecule has 0 bridgehead atoms. The normalized spacial score (nSPS) is 11.8. The minimum atomic E-state index is -0.632. The number of rotatable bonds is 5. The highest BCUT2D eigenvalue weighted by Crippen LogP contribution is 1.99. The molecule has 0 saturated carbocycles. The summed E-state index contributed by atoms with van der Waals surface area (Å²) in [6.45, 7) is 1.94. The zero-order valence-corrected chi connectivity index (χ0v) is 9.88. The van der Waals surface area contributed by atoms with Crippen LogP contribution in [0.3, 0.4) is 0 Å². The van der Waals surface area contributed by atoms with Crippen LogP contribution >= 0.6 is 0 Å². The van der Waals surface area contributed by atoms with Crippen molar-refractivity contribution in [1.29, 1.82) is 0 Å². The molecule has 17 heavy (non-hydrogen) atoms. The van der Waals surface area contributed by atoms with Crippen LogP contribution in [0.4, 0.5) is 0 Å². The number of Topliss-reactive ketones (excluding diaryl/α,β-unsaturated/α-hetero) is 2. The summed E-state index contributed by atoms with van der Waals surface area (Å²) in [6, 6.07) is 4.86. The summed E-state index contributed by atoms with van der Waals surface area (Å²) in [5.74, 6) is -1.26. The fraction of sp³-hybridized carbons (Fsp3) is 0.231. The van der Waals surface area contributed by atoms with Crippen LogP contribution in [0, 0.1) is 0 Å². The lowest BCUT2D eigenvalue weighted by atomic mass is 10.1. The van der Waals surface area contributed by atoms with E-state index in [0.717, 1.165) is 6.42 Å². The predicted molar refractivity (Wildman–Crippen MR) is 66.4 cm³/mol.